The van der Waals surface area contributed by atoms with E-state index in [0.717, 1.165) is 17.5 Å². The molecule has 128 valence electrons. The summed E-state index contributed by atoms with van der Waals surface area (Å²) in [4.78, 5) is 15.3. The van der Waals surface area contributed by atoms with Gasteiger partial charge in [-0.05, 0) is 31.0 Å². The second-order valence-electron chi connectivity index (χ2n) is 6.80. The summed E-state index contributed by atoms with van der Waals surface area (Å²) in [6.45, 7) is 2.29. The number of rotatable bonds is 4. The van der Waals surface area contributed by atoms with Gasteiger partial charge in [0.2, 0.25) is 16.1 Å². The summed E-state index contributed by atoms with van der Waals surface area (Å²) in [5, 5.41) is 0. The van der Waals surface area contributed by atoms with Crippen molar-refractivity contribution in [2.75, 3.05) is 6.54 Å². The number of aryl methyl sites for hydroxylation is 1. The molecule has 25 heavy (non-hydrogen) atoms. The van der Waals surface area contributed by atoms with Gasteiger partial charge in [-0.15, -0.1) is 0 Å². The summed E-state index contributed by atoms with van der Waals surface area (Å²) in [5.74, 6) is 0.0689. The van der Waals surface area contributed by atoms with Gasteiger partial charge in [-0.2, -0.15) is 9.30 Å². The molecule has 0 N–H and O–H groups in total. The van der Waals surface area contributed by atoms with E-state index < -0.39 is 21.6 Å². The third kappa shape index (κ3) is 2.45. The molecular formula is C19H18N2O3S. The van der Waals surface area contributed by atoms with E-state index in [9.17, 15) is 13.2 Å². The lowest BCUT2D eigenvalue weighted by Crippen LogP contribution is -2.36. The Morgan fingerprint density at radius 3 is 2.44 bits per heavy atom. The fourth-order valence-corrected chi connectivity index (χ4v) is 5.63. The highest BCUT2D eigenvalue weighted by Crippen LogP contribution is 2.63. The number of sulfonamides is 1. The van der Waals surface area contributed by atoms with Crippen LogP contribution in [0.3, 0.4) is 0 Å². The molecule has 2 fully saturated rings. The van der Waals surface area contributed by atoms with Crippen LogP contribution in [0.5, 0.6) is 0 Å². The van der Waals surface area contributed by atoms with Crippen LogP contribution in [0.4, 0.5) is 0 Å². The Morgan fingerprint density at radius 2 is 1.80 bits per heavy atom. The summed E-state index contributed by atoms with van der Waals surface area (Å²) in [6, 6.07) is 15.8. The lowest BCUT2D eigenvalue weighted by molar-refractivity contribution is 0.333. The van der Waals surface area contributed by atoms with Crippen LogP contribution >= 0.6 is 0 Å². The summed E-state index contributed by atoms with van der Waals surface area (Å²) >= 11 is 0. The molecule has 1 aliphatic carbocycles. The maximum Gasteiger partial charge on any atom is 0.243 e. The van der Waals surface area contributed by atoms with Gasteiger partial charge in [-0.3, -0.25) is 0 Å². The Balaban J connectivity index is 1.81. The largest absolute Gasteiger partial charge is 0.243 e. The molecule has 1 saturated carbocycles. The molecule has 5 nitrogen and oxygen atoms in total. The first kappa shape index (κ1) is 16.2. The van der Waals surface area contributed by atoms with Crippen molar-refractivity contribution in [3.63, 3.8) is 0 Å². The lowest BCUT2D eigenvalue weighted by atomic mass is 9.99. The number of hydrogen-bond donors (Lipinski definition) is 0. The second kappa shape index (κ2) is 5.63. The number of benzene rings is 2. The zero-order chi connectivity index (χ0) is 17.7. The van der Waals surface area contributed by atoms with Crippen molar-refractivity contribution in [1.82, 2.24) is 4.31 Å². The van der Waals surface area contributed by atoms with Crippen LogP contribution < -0.4 is 0 Å². The maximum absolute atomic E-state index is 13.2. The van der Waals surface area contributed by atoms with Crippen molar-refractivity contribution in [3.8, 4) is 0 Å². The minimum absolute atomic E-state index is 0.0689. The molecule has 0 bridgehead atoms. The van der Waals surface area contributed by atoms with Crippen LogP contribution in [-0.4, -0.2) is 30.9 Å². The van der Waals surface area contributed by atoms with E-state index in [0.29, 0.717) is 6.54 Å². The molecule has 2 aliphatic rings. The Morgan fingerprint density at radius 1 is 1.12 bits per heavy atom. The molecule has 2 aromatic carbocycles. The van der Waals surface area contributed by atoms with Crippen molar-refractivity contribution >= 4 is 16.1 Å². The Hall–Kier alpha value is -2.27. The van der Waals surface area contributed by atoms with Crippen LogP contribution in [-0.2, 0) is 14.8 Å². The van der Waals surface area contributed by atoms with Gasteiger partial charge in [-0.1, -0.05) is 48.0 Å². The smallest absolute Gasteiger partial charge is 0.211 e. The predicted octanol–water partition coefficient (Wildman–Crippen LogP) is 2.84. The molecule has 3 unspecified atom stereocenters. The lowest BCUT2D eigenvalue weighted by Gasteiger charge is -2.29. The molecule has 2 aromatic rings. The highest BCUT2D eigenvalue weighted by molar-refractivity contribution is 7.89. The van der Waals surface area contributed by atoms with Gasteiger partial charge < -0.3 is 0 Å². The number of aliphatic imine (C=N–C) groups is 1. The number of piperidine rings is 1. The maximum atomic E-state index is 13.2. The Labute approximate surface area is 147 Å². The second-order valence-corrected chi connectivity index (χ2v) is 8.69. The van der Waals surface area contributed by atoms with E-state index in [4.69, 9.17) is 0 Å². The highest BCUT2D eigenvalue weighted by atomic mass is 32.2. The molecule has 3 atom stereocenters. The number of isocyanates is 1. The van der Waals surface area contributed by atoms with E-state index >= 15 is 0 Å². The van der Waals surface area contributed by atoms with Crippen molar-refractivity contribution in [1.29, 1.82) is 0 Å². The molecule has 0 aromatic heterocycles. The molecule has 1 aliphatic heterocycles. The van der Waals surface area contributed by atoms with Crippen LogP contribution in [0.15, 0.2) is 64.5 Å². The van der Waals surface area contributed by atoms with Crippen molar-refractivity contribution in [2.45, 2.75) is 29.8 Å². The quantitative estimate of drug-likeness (QED) is 0.626. The minimum Gasteiger partial charge on any atom is -0.211 e. The van der Waals surface area contributed by atoms with E-state index in [-0.39, 0.29) is 10.8 Å². The minimum atomic E-state index is -3.67. The van der Waals surface area contributed by atoms with Crippen LogP contribution in [0.2, 0.25) is 0 Å². The molecule has 1 saturated heterocycles. The Kier molecular flexibility index (Phi) is 3.65. The molecule has 4 rings (SSSR count). The van der Waals surface area contributed by atoms with Crippen molar-refractivity contribution in [3.05, 3.63) is 65.7 Å². The number of hydrogen-bond acceptors (Lipinski definition) is 4. The van der Waals surface area contributed by atoms with E-state index in [1.807, 2.05) is 37.3 Å². The number of carbonyl (C=O) groups excluding carboxylic acids is 1. The molecule has 0 amide bonds. The standard InChI is InChI=1S/C19H18N2O3S/c1-14-7-9-17(10-8-14)25(23,24)21-12-16-11-19(16,20-13-22)18(21)15-5-3-2-4-6-15/h2-10,16,18H,11-12H2,1H3. The summed E-state index contributed by atoms with van der Waals surface area (Å²) < 4.78 is 28.0. The SMILES string of the molecule is Cc1ccc(S(=O)(=O)N2CC3CC3(N=C=O)C2c2ccccc2)cc1. The summed E-state index contributed by atoms with van der Waals surface area (Å²) in [7, 11) is -3.67. The van der Waals surface area contributed by atoms with Gasteiger partial charge in [0.25, 0.3) is 0 Å². The monoisotopic (exact) mass is 354 g/mol. The van der Waals surface area contributed by atoms with Crippen molar-refractivity contribution < 1.29 is 13.2 Å². The van der Waals surface area contributed by atoms with Gasteiger partial charge in [0.15, 0.2) is 0 Å². The average Bonchev–Trinajstić information content (AvgIpc) is 3.20. The average molecular weight is 354 g/mol. The number of nitrogens with zero attached hydrogens (tertiary/aromatic N) is 2. The first-order valence-electron chi connectivity index (χ1n) is 8.21. The van der Waals surface area contributed by atoms with Crippen LogP contribution in [0.1, 0.15) is 23.6 Å². The van der Waals surface area contributed by atoms with E-state index in [1.165, 1.54) is 4.31 Å². The number of fused-ring (bicyclic) bond motifs is 1. The Bertz CT molecular complexity index is 950. The zero-order valence-corrected chi connectivity index (χ0v) is 14.6. The van der Waals surface area contributed by atoms with Gasteiger partial charge in [-0.25, -0.2) is 13.2 Å². The van der Waals surface area contributed by atoms with Gasteiger partial charge >= 0.3 is 0 Å². The van der Waals surface area contributed by atoms with Gasteiger partial charge in [0.05, 0.1) is 16.5 Å². The van der Waals surface area contributed by atoms with Crippen molar-refractivity contribution in [2.24, 2.45) is 10.9 Å². The van der Waals surface area contributed by atoms with Crippen LogP contribution in [0, 0.1) is 12.8 Å². The molecule has 0 radical (unpaired) electrons. The van der Waals surface area contributed by atoms with Crippen LogP contribution in [0.25, 0.3) is 0 Å². The summed E-state index contributed by atoms with van der Waals surface area (Å²) in [6.07, 6.45) is 2.39. The third-order valence-electron chi connectivity index (χ3n) is 5.28. The fourth-order valence-electron chi connectivity index (χ4n) is 3.92. The fraction of sp³-hybridized carbons (Fsp3) is 0.316. The predicted molar refractivity (Wildman–Crippen MR) is 93.2 cm³/mol. The third-order valence-corrected chi connectivity index (χ3v) is 7.12. The zero-order valence-electron chi connectivity index (χ0n) is 13.8. The van der Waals surface area contributed by atoms with Gasteiger partial charge in [0, 0.05) is 12.5 Å². The molecular weight excluding hydrogens is 336 g/mol. The molecule has 1 heterocycles. The topological polar surface area (TPSA) is 66.8 Å². The molecule has 0 spiro atoms. The van der Waals surface area contributed by atoms with E-state index in [2.05, 4.69) is 4.99 Å². The molecule has 6 heteroatoms. The van der Waals surface area contributed by atoms with Gasteiger partial charge in [0.1, 0.15) is 0 Å². The first-order valence-corrected chi connectivity index (χ1v) is 9.65. The van der Waals surface area contributed by atoms with E-state index in [1.54, 1.807) is 30.3 Å². The summed E-state index contributed by atoms with van der Waals surface area (Å²) in [5.41, 5.74) is 1.20. The normalized spacial score (nSPS) is 28.2. The first-order chi connectivity index (χ1) is 12.0. The highest BCUT2D eigenvalue weighted by Gasteiger charge is 2.69.